The van der Waals surface area contributed by atoms with Gasteiger partial charge >= 0.3 is 0 Å². The van der Waals surface area contributed by atoms with Gasteiger partial charge in [0.2, 0.25) is 5.91 Å². The van der Waals surface area contributed by atoms with Gasteiger partial charge in [0.25, 0.3) is 10.0 Å². The van der Waals surface area contributed by atoms with Crippen LogP contribution in [-0.4, -0.2) is 20.9 Å². The number of amides is 1. The van der Waals surface area contributed by atoms with E-state index in [4.69, 9.17) is 23.2 Å². The normalized spacial score (nSPS) is 12.8. The van der Waals surface area contributed by atoms with Crippen LogP contribution in [0.1, 0.15) is 44.9 Å². The van der Waals surface area contributed by atoms with E-state index in [-0.39, 0.29) is 16.4 Å². The molecule has 1 amide bonds. The summed E-state index contributed by atoms with van der Waals surface area (Å²) in [6, 6.07) is 19.9. The fraction of sp³-hybridized carbons (Fsp3) is 0.269. The van der Waals surface area contributed by atoms with Crippen LogP contribution in [0.2, 0.25) is 10.0 Å². The molecular weight excluding hydrogens is 491 g/mol. The second-order valence-electron chi connectivity index (χ2n) is 9.11. The van der Waals surface area contributed by atoms with Gasteiger partial charge in [-0.15, -0.1) is 0 Å². The van der Waals surface area contributed by atoms with Crippen molar-refractivity contribution in [3.63, 3.8) is 0 Å². The standard InChI is InChI=1S/C26H28Cl2N2O3S/c1-18(19-8-10-20(11-9-19)26(2,3)4)29-25(31)17-30(23-7-5-6-22(28)16-23)34(32,33)24-14-12-21(27)13-15-24/h5-16,18H,17H2,1-4H3,(H,29,31)/t18-/m0/s1. The number of hydrogen-bond acceptors (Lipinski definition) is 3. The Hall–Kier alpha value is -2.54. The van der Waals surface area contributed by atoms with E-state index in [2.05, 4.69) is 26.1 Å². The lowest BCUT2D eigenvalue weighted by Crippen LogP contribution is -2.41. The Bertz CT molecular complexity index is 1250. The quantitative estimate of drug-likeness (QED) is 0.395. The number of nitrogens with one attached hydrogen (secondary N) is 1. The van der Waals surface area contributed by atoms with E-state index in [1.165, 1.54) is 35.9 Å². The Morgan fingerprint density at radius 2 is 1.56 bits per heavy atom. The summed E-state index contributed by atoms with van der Waals surface area (Å²) in [7, 11) is -4.05. The minimum atomic E-state index is -4.05. The summed E-state index contributed by atoms with van der Waals surface area (Å²) in [5.74, 6) is -0.440. The average molecular weight is 519 g/mol. The predicted octanol–water partition coefficient (Wildman–Crippen LogP) is 6.36. The van der Waals surface area contributed by atoms with Gasteiger partial charge in [-0.05, 0) is 65.9 Å². The number of sulfonamides is 1. The molecule has 0 aliphatic carbocycles. The average Bonchev–Trinajstić information content (AvgIpc) is 2.77. The van der Waals surface area contributed by atoms with Crippen LogP contribution >= 0.6 is 23.2 Å². The van der Waals surface area contributed by atoms with Gasteiger partial charge < -0.3 is 5.32 Å². The van der Waals surface area contributed by atoms with Gasteiger partial charge in [-0.25, -0.2) is 8.42 Å². The SMILES string of the molecule is C[C@H](NC(=O)CN(c1cccc(Cl)c1)S(=O)(=O)c1ccc(Cl)cc1)c1ccc(C(C)(C)C)cc1. The van der Waals surface area contributed by atoms with Gasteiger partial charge in [0, 0.05) is 10.0 Å². The second-order valence-corrected chi connectivity index (χ2v) is 11.8. The van der Waals surface area contributed by atoms with Gasteiger partial charge in [-0.3, -0.25) is 9.10 Å². The highest BCUT2D eigenvalue weighted by molar-refractivity contribution is 7.92. The Kier molecular flexibility index (Phi) is 7.96. The van der Waals surface area contributed by atoms with Crippen LogP contribution in [0.15, 0.2) is 77.7 Å². The molecule has 8 heteroatoms. The van der Waals surface area contributed by atoms with Crippen LogP contribution in [-0.2, 0) is 20.2 Å². The Morgan fingerprint density at radius 3 is 2.12 bits per heavy atom. The van der Waals surface area contributed by atoms with E-state index < -0.39 is 22.5 Å². The van der Waals surface area contributed by atoms with Crippen LogP contribution in [0.5, 0.6) is 0 Å². The third-order valence-corrected chi connectivity index (χ3v) is 7.71. The van der Waals surface area contributed by atoms with Gasteiger partial charge in [0.15, 0.2) is 0 Å². The lowest BCUT2D eigenvalue weighted by molar-refractivity contribution is -0.120. The van der Waals surface area contributed by atoms with Crippen molar-refractivity contribution in [1.29, 1.82) is 0 Å². The lowest BCUT2D eigenvalue weighted by Gasteiger charge is -2.25. The van der Waals surface area contributed by atoms with Crippen molar-refractivity contribution in [3.05, 3.63) is 94.0 Å². The summed E-state index contributed by atoms with van der Waals surface area (Å²) in [5.41, 5.74) is 2.44. The zero-order valence-electron chi connectivity index (χ0n) is 19.5. The van der Waals surface area contributed by atoms with E-state index in [1.54, 1.807) is 18.2 Å². The molecule has 0 fully saturated rings. The molecule has 3 aromatic carbocycles. The first kappa shape index (κ1) is 26.1. The molecule has 0 heterocycles. The van der Waals surface area contributed by atoms with Gasteiger partial charge in [0.1, 0.15) is 6.54 Å². The number of carbonyl (C=O) groups excluding carboxylic acids is 1. The summed E-state index contributed by atoms with van der Waals surface area (Å²) in [4.78, 5) is 13.0. The molecule has 0 aromatic heterocycles. The first-order valence-corrected chi connectivity index (χ1v) is 13.0. The number of nitrogens with zero attached hydrogens (tertiary/aromatic N) is 1. The molecule has 1 N–H and O–H groups in total. The zero-order chi connectivity index (χ0) is 25.1. The van der Waals surface area contributed by atoms with Gasteiger partial charge in [-0.1, -0.05) is 74.3 Å². The summed E-state index contributed by atoms with van der Waals surface area (Å²) in [6.45, 7) is 7.87. The summed E-state index contributed by atoms with van der Waals surface area (Å²) in [5, 5.41) is 3.68. The third kappa shape index (κ3) is 6.32. The van der Waals surface area contributed by atoms with E-state index in [1.807, 2.05) is 31.2 Å². The number of carbonyl (C=O) groups is 1. The Morgan fingerprint density at radius 1 is 0.941 bits per heavy atom. The highest BCUT2D eigenvalue weighted by atomic mass is 35.5. The molecule has 180 valence electrons. The number of hydrogen-bond donors (Lipinski definition) is 1. The molecule has 0 radical (unpaired) electrons. The topological polar surface area (TPSA) is 66.5 Å². The first-order valence-electron chi connectivity index (χ1n) is 10.8. The highest BCUT2D eigenvalue weighted by Crippen LogP contribution is 2.27. The van der Waals surface area contributed by atoms with Crippen molar-refractivity contribution in [2.24, 2.45) is 0 Å². The lowest BCUT2D eigenvalue weighted by atomic mass is 9.86. The Labute approximate surface area is 211 Å². The maximum atomic E-state index is 13.4. The molecule has 34 heavy (non-hydrogen) atoms. The molecule has 0 bridgehead atoms. The van der Waals surface area contributed by atoms with Crippen LogP contribution in [0, 0.1) is 0 Å². The number of anilines is 1. The van der Waals surface area contributed by atoms with Crippen molar-refractivity contribution < 1.29 is 13.2 Å². The van der Waals surface area contributed by atoms with Crippen molar-refractivity contribution >= 4 is 44.8 Å². The summed E-state index contributed by atoms with van der Waals surface area (Å²) in [6.07, 6.45) is 0. The molecule has 0 saturated heterocycles. The van der Waals surface area contributed by atoms with Crippen molar-refractivity contribution in [2.75, 3.05) is 10.8 Å². The van der Waals surface area contributed by atoms with Gasteiger partial charge in [-0.2, -0.15) is 0 Å². The molecule has 0 saturated carbocycles. The molecule has 3 rings (SSSR count). The predicted molar refractivity (Wildman–Crippen MR) is 139 cm³/mol. The van der Waals surface area contributed by atoms with Crippen LogP contribution < -0.4 is 9.62 Å². The zero-order valence-corrected chi connectivity index (χ0v) is 21.9. The molecule has 1 atom stereocenters. The summed E-state index contributed by atoms with van der Waals surface area (Å²) >= 11 is 12.0. The van der Waals surface area contributed by atoms with E-state index in [0.29, 0.717) is 15.7 Å². The number of rotatable bonds is 7. The van der Waals surface area contributed by atoms with Crippen molar-refractivity contribution in [1.82, 2.24) is 5.32 Å². The van der Waals surface area contributed by atoms with Gasteiger partial charge in [0.05, 0.1) is 16.6 Å². The fourth-order valence-corrected chi connectivity index (χ4v) is 5.18. The van der Waals surface area contributed by atoms with Crippen molar-refractivity contribution in [3.8, 4) is 0 Å². The Balaban J connectivity index is 1.85. The molecule has 5 nitrogen and oxygen atoms in total. The first-order chi connectivity index (χ1) is 15.9. The monoisotopic (exact) mass is 518 g/mol. The third-order valence-electron chi connectivity index (χ3n) is 5.44. The maximum absolute atomic E-state index is 13.4. The van der Waals surface area contributed by atoms with Crippen LogP contribution in [0.3, 0.4) is 0 Å². The van der Waals surface area contributed by atoms with Crippen LogP contribution in [0.4, 0.5) is 5.69 Å². The molecular formula is C26H28Cl2N2O3S. The smallest absolute Gasteiger partial charge is 0.264 e. The highest BCUT2D eigenvalue weighted by Gasteiger charge is 2.28. The second kappa shape index (κ2) is 10.4. The van der Waals surface area contributed by atoms with E-state index in [0.717, 1.165) is 9.87 Å². The van der Waals surface area contributed by atoms with Crippen LogP contribution in [0.25, 0.3) is 0 Å². The molecule has 3 aromatic rings. The minimum Gasteiger partial charge on any atom is -0.348 e. The van der Waals surface area contributed by atoms with E-state index in [9.17, 15) is 13.2 Å². The molecule has 0 spiro atoms. The minimum absolute atomic E-state index is 0.0236. The number of halogens is 2. The summed E-state index contributed by atoms with van der Waals surface area (Å²) < 4.78 is 27.9. The molecule has 0 unspecified atom stereocenters. The largest absolute Gasteiger partial charge is 0.348 e. The molecule has 0 aliphatic rings. The molecule has 0 aliphatic heterocycles. The van der Waals surface area contributed by atoms with E-state index >= 15 is 0 Å². The fourth-order valence-electron chi connectivity index (χ4n) is 3.45. The number of benzene rings is 3. The maximum Gasteiger partial charge on any atom is 0.264 e. The van der Waals surface area contributed by atoms with Crippen molar-refractivity contribution in [2.45, 2.75) is 44.0 Å².